The number of esters is 1. The number of fused-ring (bicyclic) bond motifs is 1. The predicted octanol–water partition coefficient (Wildman–Crippen LogP) is 5.30. The summed E-state index contributed by atoms with van der Waals surface area (Å²) in [7, 11) is 3.06. The molecule has 9 nitrogen and oxygen atoms in total. The van der Waals surface area contributed by atoms with Crippen molar-refractivity contribution < 1.29 is 33.3 Å². The average Bonchev–Trinajstić information content (AvgIpc) is 3.45. The van der Waals surface area contributed by atoms with Crippen molar-refractivity contribution in [3.05, 3.63) is 82.7 Å². The Morgan fingerprint density at radius 1 is 1.00 bits per heavy atom. The average molecular weight is 619 g/mol. The number of methoxy groups -OCH3 is 2. The molecule has 0 radical (unpaired) electrons. The molecule has 1 aliphatic rings. The molecule has 10 heteroatoms. The first kappa shape index (κ1) is 31.3. The van der Waals surface area contributed by atoms with Gasteiger partial charge >= 0.3 is 5.97 Å². The molecular formula is C34H38N2O7S. The Morgan fingerprint density at radius 3 is 2.61 bits per heavy atom. The molecule has 5 rings (SSSR count). The van der Waals surface area contributed by atoms with Crippen LogP contribution in [0.5, 0.6) is 17.2 Å². The van der Waals surface area contributed by atoms with E-state index in [0.717, 1.165) is 56.1 Å². The number of rotatable bonds is 14. The number of para-hydroxylation sites is 1. The molecule has 1 atom stereocenters. The van der Waals surface area contributed by atoms with E-state index in [1.54, 1.807) is 23.3 Å². The summed E-state index contributed by atoms with van der Waals surface area (Å²) in [4.78, 5) is 26.6. The third kappa shape index (κ3) is 7.68. The number of piperazine rings is 1. The van der Waals surface area contributed by atoms with Crippen LogP contribution in [0.1, 0.15) is 23.1 Å². The first-order valence-electron chi connectivity index (χ1n) is 14.6. The second kappa shape index (κ2) is 15.1. The van der Waals surface area contributed by atoms with E-state index in [1.807, 2.05) is 73.0 Å². The third-order valence-electron chi connectivity index (χ3n) is 7.48. The maximum Gasteiger partial charge on any atom is 0.310 e. The van der Waals surface area contributed by atoms with Crippen molar-refractivity contribution >= 4 is 39.0 Å². The van der Waals surface area contributed by atoms with Gasteiger partial charge in [0.15, 0.2) is 0 Å². The molecule has 0 aliphatic carbocycles. The number of benzene rings is 3. The van der Waals surface area contributed by atoms with Gasteiger partial charge in [-0.1, -0.05) is 18.2 Å². The highest BCUT2D eigenvalue weighted by molar-refractivity contribution is 7.17. The number of hydrogen-bond donors (Lipinski definition) is 1. The zero-order valence-corrected chi connectivity index (χ0v) is 26.1. The molecule has 1 aliphatic heterocycles. The van der Waals surface area contributed by atoms with Crippen LogP contribution in [0.4, 0.5) is 5.69 Å². The maximum absolute atomic E-state index is 13.0. The Balaban J connectivity index is 1.14. The molecule has 0 unspecified atom stereocenters. The lowest BCUT2D eigenvalue weighted by Crippen LogP contribution is -2.57. The Bertz CT molecular complexity index is 1570. The Morgan fingerprint density at radius 2 is 1.82 bits per heavy atom. The second-order valence-corrected chi connectivity index (χ2v) is 11.5. The van der Waals surface area contributed by atoms with Crippen LogP contribution < -0.4 is 24.4 Å². The van der Waals surface area contributed by atoms with Gasteiger partial charge in [0.25, 0.3) is 0 Å². The van der Waals surface area contributed by atoms with Crippen LogP contribution in [0.15, 0.2) is 66.0 Å². The van der Waals surface area contributed by atoms with E-state index in [-0.39, 0.29) is 30.9 Å². The standard InChI is InChI=1S/C34H38N2O7S/c1-23-15-29(17-31-34(23)25(22-44-31)16-33(38)40-3)43-21-27-18-35-19-32(37)36(27)26-9-11-28(12-10-26)42-14-6-13-41-20-24-7-4-5-8-30(24)39-2/h4-5,7-12,15,17,22,27,35H,6,13-14,16,18-21H2,1-3H3/t27-/m1/s1. The van der Waals surface area contributed by atoms with Crippen molar-refractivity contribution in [2.45, 2.75) is 32.4 Å². The lowest BCUT2D eigenvalue weighted by molar-refractivity contribution is -0.139. The summed E-state index contributed by atoms with van der Waals surface area (Å²) >= 11 is 1.58. The van der Waals surface area contributed by atoms with Gasteiger partial charge in [0.2, 0.25) is 5.91 Å². The van der Waals surface area contributed by atoms with Crippen molar-refractivity contribution in [1.29, 1.82) is 0 Å². The van der Waals surface area contributed by atoms with E-state index < -0.39 is 0 Å². The zero-order valence-electron chi connectivity index (χ0n) is 25.3. The van der Waals surface area contributed by atoms with Gasteiger partial charge in [-0.3, -0.25) is 9.59 Å². The molecule has 0 spiro atoms. The van der Waals surface area contributed by atoms with Crippen molar-refractivity contribution in [2.24, 2.45) is 0 Å². The van der Waals surface area contributed by atoms with Gasteiger partial charge in [-0.15, -0.1) is 11.3 Å². The molecule has 1 saturated heterocycles. The Kier molecular flexibility index (Phi) is 10.7. The van der Waals surface area contributed by atoms with Crippen LogP contribution >= 0.6 is 11.3 Å². The number of carbonyl (C=O) groups is 2. The van der Waals surface area contributed by atoms with Gasteiger partial charge in [-0.2, -0.15) is 0 Å². The van der Waals surface area contributed by atoms with Gasteiger partial charge in [-0.05, 0) is 71.3 Å². The number of ether oxygens (including phenoxy) is 5. The van der Waals surface area contributed by atoms with Crippen LogP contribution in [0, 0.1) is 6.92 Å². The number of anilines is 1. The summed E-state index contributed by atoms with van der Waals surface area (Å²) in [5.74, 6) is 2.02. The number of aryl methyl sites for hydroxylation is 1. The lowest BCUT2D eigenvalue weighted by atomic mass is 10.1. The fourth-order valence-electron chi connectivity index (χ4n) is 5.33. The molecule has 4 aromatic rings. The Labute approximate surface area is 261 Å². The number of amides is 1. The molecule has 2 heterocycles. The molecule has 1 amide bonds. The van der Waals surface area contributed by atoms with E-state index in [9.17, 15) is 9.59 Å². The van der Waals surface area contributed by atoms with E-state index in [2.05, 4.69) is 5.32 Å². The van der Waals surface area contributed by atoms with Crippen LogP contribution in [0.25, 0.3) is 10.1 Å². The molecule has 3 aromatic carbocycles. The van der Waals surface area contributed by atoms with Gasteiger partial charge in [0.05, 0.1) is 53.0 Å². The lowest BCUT2D eigenvalue weighted by Gasteiger charge is -2.36. The minimum atomic E-state index is -0.260. The van der Waals surface area contributed by atoms with Crippen molar-refractivity contribution in [3.8, 4) is 17.2 Å². The fourth-order valence-corrected chi connectivity index (χ4v) is 6.39. The highest BCUT2D eigenvalue weighted by Crippen LogP contribution is 2.34. The fraction of sp³-hybridized carbons (Fsp3) is 0.353. The van der Waals surface area contributed by atoms with Crippen molar-refractivity contribution in [3.63, 3.8) is 0 Å². The molecule has 232 valence electrons. The number of nitrogens with zero attached hydrogens (tertiary/aromatic N) is 1. The molecule has 0 bridgehead atoms. The summed E-state index contributed by atoms with van der Waals surface area (Å²) in [6, 6.07) is 19.2. The van der Waals surface area contributed by atoms with E-state index in [0.29, 0.717) is 33.0 Å². The van der Waals surface area contributed by atoms with Crippen LogP contribution in [-0.4, -0.2) is 65.0 Å². The molecule has 0 saturated carbocycles. The number of hydrogen-bond acceptors (Lipinski definition) is 9. The van der Waals surface area contributed by atoms with E-state index in [4.69, 9.17) is 23.7 Å². The topological polar surface area (TPSA) is 95.6 Å². The quantitative estimate of drug-likeness (QED) is 0.150. The van der Waals surface area contributed by atoms with Crippen LogP contribution in [-0.2, 0) is 32.1 Å². The number of thiophene rings is 1. The highest BCUT2D eigenvalue weighted by atomic mass is 32.1. The van der Waals surface area contributed by atoms with E-state index in [1.165, 1.54) is 7.11 Å². The number of nitrogens with one attached hydrogen (secondary N) is 1. The monoisotopic (exact) mass is 618 g/mol. The third-order valence-corrected chi connectivity index (χ3v) is 8.46. The largest absolute Gasteiger partial charge is 0.496 e. The zero-order chi connectivity index (χ0) is 30.9. The van der Waals surface area contributed by atoms with Crippen molar-refractivity contribution in [2.75, 3.05) is 52.0 Å². The molecular weight excluding hydrogens is 580 g/mol. The van der Waals surface area contributed by atoms with Crippen molar-refractivity contribution in [1.82, 2.24) is 5.32 Å². The molecule has 1 fully saturated rings. The predicted molar refractivity (Wildman–Crippen MR) is 171 cm³/mol. The minimum absolute atomic E-state index is 0.0111. The van der Waals surface area contributed by atoms with Gasteiger partial charge < -0.3 is 33.9 Å². The van der Waals surface area contributed by atoms with Crippen LogP contribution in [0.3, 0.4) is 0 Å². The molecule has 1 aromatic heterocycles. The van der Waals surface area contributed by atoms with Gasteiger partial charge in [-0.25, -0.2) is 0 Å². The minimum Gasteiger partial charge on any atom is -0.496 e. The molecule has 1 N–H and O–H groups in total. The summed E-state index contributed by atoms with van der Waals surface area (Å²) in [6.45, 7) is 4.81. The van der Waals surface area contributed by atoms with Crippen LogP contribution in [0.2, 0.25) is 0 Å². The SMILES string of the molecule is COC(=O)Cc1csc2cc(OC[C@H]3CNCC(=O)N3c3ccc(OCCCOCc4ccccc4OC)cc3)cc(C)c12. The first-order valence-corrected chi connectivity index (χ1v) is 15.5. The summed E-state index contributed by atoms with van der Waals surface area (Å²) in [5, 5.41) is 6.26. The maximum atomic E-state index is 13.0. The Hall–Kier alpha value is -4.12. The second-order valence-electron chi connectivity index (χ2n) is 10.5. The smallest absolute Gasteiger partial charge is 0.310 e. The van der Waals surface area contributed by atoms with Gasteiger partial charge in [0.1, 0.15) is 23.9 Å². The highest BCUT2D eigenvalue weighted by Gasteiger charge is 2.30. The summed E-state index contributed by atoms with van der Waals surface area (Å²) in [5.41, 5.74) is 3.81. The number of carbonyl (C=O) groups excluding carboxylic acids is 2. The van der Waals surface area contributed by atoms with E-state index >= 15 is 0 Å². The summed E-state index contributed by atoms with van der Waals surface area (Å²) < 4.78 is 29.2. The van der Waals surface area contributed by atoms with Gasteiger partial charge in [0, 0.05) is 28.9 Å². The summed E-state index contributed by atoms with van der Waals surface area (Å²) in [6.07, 6.45) is 0.987. The first-order chi connectivity index (χ1) is 21.5. The normalized spacial score (nSPS) is 14.9. The molecule has 44 heavy (non-hydrogen) atoms.